The maximum atomic E-state index is 5.40. The summed E-state index contributed by atoms with van der Waals surface area (Å²) >= 11 is 0. The van der Waals surface area contributed by atoms with Crippen LogP contribution in [0.2, 0.25) is 0 Å². The Kier molecular flexibility index (Phi) is 7.87. The van der Waals surface area contributed by atoms with Crippen molar-refractivity contribution in [2.45, 2.75) is 71.0 Å². The summed E-state index contributed by atoms with van der Waals surface area (Å²) < 4.78 is 5.40. The van der Waals surface area contributed by atoms with Gasteiger partial charge in [0.05, 0.1) is 6.61 Å². The van der Waals surface area contributed by atoms with Gasteiger partial charge in [-0.2, -0.15) is 0 Å². The molecule has 3 heteroatoms. The van der Waals surface area contributed by atoms with Gasteiger partial charge in [0.15, 0.2) is 0 Å². The SMILES string of the molecule is CCCC(COC)N1CCC(C)NC(CC)CC1. The first-order valence-corrected chi connectivity index (χ1v) is 7.70. The van der Waals surface area contributed by atoms with Crippen molar-refractivity contribution < 1.29 is 4.74 Å². The van der Waals surface area contributed by atoms with Gasteiger partial charge in [-0.15, -0.1) is 0 Å². The minimum atomic E-state index is 0.614. The fraction of sp³-hybridized carbons (Fsp3) is 1.00. The molecule has 0 radical (unpaired) electrons. The number of nitrogens with one attached hydrogen (secondary N) is 1. The van der Waals surface area contributed by atoms with Crippen molar-refractivity contribution in [1.82, 2.24) is 10.2 Å². The topological polar surface area (TPSA) is 24.5 Å². The second-order valence-electron chi connectivity index (χ2n) is 5.68. The summed E-state index contributed by atoms with van der Waals surface area (Å²) in [6.45, 7) is 10.2. The summed E-state index contributed by atoms with van der Waals surface area (Å²) in [5, 5.41) is 3.73. The van der Waals surface area contributed by atoms with Crippen molar-refractivity contribution in [3.8, 4) is 0 Å². The Labute approximate surface area is 113 Å². The van der Waals surface area contributed by atoms with E-state index in [1.165, 1.54) is 45.2 Å². The van der Waals surface area contributed by atoms with E-state index in [0.717, 1.165) is 6.61 Å². The first kappa shape index (κ1) is 15.9. The quantitative estimate of drug-likeness (QED) is 0.791. The van der Waals surface area contributed by atoms with Crippen LogP contribution in [0.4, 0.5) is 0 Å². The molecule has 3 atom stereocenters. The number of methoxy groups -OCH3 is 1. The van der Waals surface area contributed by atoms with Crippen LogP contribution in [0.15, 0.2) is 0 Å². The molecule has 0 spiro atoms. The Morgan fingerprint density at radius 1 is 1.28 bits per heavy atom. The highest BCUT2D eigenvalue weighted by atomic mass is 16.5. The van der Waals surface area contributed by atoms with E-state index in [0.29, 0.717) is 18.1 Å². The zero-order valence-corrected chi connectivity index (χ0v) is 12.7. The van der Waals surface area contributed by atoms with Crippen molar-refractivity contribution in [1.29, 1.82) is 0 Å². The van der Waals surface area contributed by atoms with Gasteiger partial charge in [0.2, 0.25) is 0 Å². The van der Waals surface area contributed by atoms with Gasteiger partial charge in [-0.3, -0.25) is 4.90 Å². The third kappa shape index (κ3) is 5.25. The molecule has 0 bridgehead atoms. The van der Waals surface area contributed by atoms with Crippen LogP contribution in [-0.2, 0) is 4.74 Å². The van der Waals surface area contributed by atoms with E-state index < -0.39 is 0 Å². The largest absolute Gasteiger partial charge is 0.383 e. The summed E-state index contributed by atoms with van der Waals surface area (Å²) in [5.41, 5.74) is 0. The van der Waals surface area contributed by atoms with E-state index in [-0.39, 0.29) is 0 Å². The van der Waals surface area contributed by atoms with Crippen LogP contribution >= 0.6 is 0 Å². The third-order valence-electron chi connectivity index (χ3n) is 4.12. The lowest BCUT2D eigenvalue weighted by Gasteiger charge is -2.36. The molecular formula is C15H32N2O. The highest BCUT2D eigenvalue weighted by Crippen LogP contribution is 2.15. The minimum absolute atomic E-state index is 0.614. The molecule has 18 heavy (non-hydrogen) atoms. The Morgan fingerprint density at radius 2 is 2.00 bits per heavy atom. The number of ether oxygens (including phenoxy) is 1. The zero-order chi connectivity index (χ0) is 13.4. The molecule has 0 aliphatic carbocycles. The summed E-state index contributed by atoms with van der Waals surface area (Å²) in [5.74, 6) is 0. The van der Waals surface area contributed by atoms with Crippen LogP contribution in [0.3, 0.4) is 0 Å². The summed E-state index contributed by atoms with van der Waals surface area (Å²) in [7, 11) is 1.83. The molecule has 1 rings (SSSR count). The maximum absolute atomic E-state index is 5.40. The Hall–Kier alpha value is -0.120. The van der Waals surface area contributed by atoms with Crippen molar-refractivity contribution in [3.05, 3.63) is 0 Å². The third-order valence-corrected chi connectivity index (χ3v) is 4.12. The summed E-state index contributed by atoms with van der Waals surface area (Å²) in [6, 6.07) is 1.94. The minimum Gasteiger partial charge on any atom is -0.383 e. The van der Waals surface area contributed by atoms with E-state index in [9.17, 15) is 0 Å². The monoisotopic (exact) mass is 256 g/mol. The normalized spacial score (nSPS) is 28.7. The molecule has 0 aromatic carbocycles. The molecular weight excluding hydrogens is 224 g/mol. The highest BCUT2D eigenvalue weighted by Gasteiger charge is 2.22. The molecule has 1 N–H and O–H groups in total. The zero-order valence-electron chi connectivity index (χ0n) is 12.7. The van der Waals surface area contributed by atoms with Crippen LogP contribution in [0.25, 0.3) is 0 Å². The molecule has 0 aromatic rings. The number of hydrogen-bond donors (Lipinski definition) is 1. The molecule has 108 valence electrons. The molecule has 0 amide bonds. The average Bonchev–Trinajstić information content (AvgIpc) is 2.34. The molecule has 1 aliphatic rings. The van der Waals surface area contributed by atoms with Gasteiger partial charge >= 0.3 is 0 Å². The van der Waals surface area contributed by atoms with E-state index in [2.05, 4.69) is 31.0 Å². The fourth-order valence-electron chi connectivity index (χ4n) is 2.95. The van der Waals surface area contributed by atoms with Crippen molar-refractivity contribution in [2.24, 2.45) is 0 Å². The van der Waals surface area contributed by atoms with E-state index in [1.54, 1.807) is 0 Å². The van der Waals surface area contributed by atoms with Gasteiger partial charge < -0.3 is 10.1 Å². The van der Waals surface area contributed by atoms with Crippen LogP contribution in [-0.4, -0.2) is 49.8 Å². The molecule has 1 saturated heterocycles. The van der Waals surface area contributed by atoms with Crippen LogP contribution < -0.4 is 5.32 Å². The summed E-state index contributed by atoms with van der Waals surface area (Å²) in [4.78, 5) is 2.66. The van der Waals surface area contributed by atoms with Crippen molar-refractivity contribution in [3.63, 3.8) is 0 Å². The summed E-state index contributed by atoms with van der Waals surface area (Å²) in [6.07, 6.45) is 6.26. The Bertz CT molecular complexity index is 205. The van der Waals surface area contributed by atoms with Crippen LogP contribution in [0.1, 0.15) is 52.9 Å². The predicted molar refractivity (Wildman–Crippen MR) is 78.1 cm³/mol. The molecule has 0 aromatic heterocycles. The van der Waals surface area contributed by atoms with E-state index in [1.807, 2.05) is 7.11 Å². The lowest BCUT2D eigenvalue weighted by atomic mass is 10.0. The molecule has 0 saturated carbocycles. The second-order valence-corrected chi connectivity index (χ2v) is 5.68. The van der Waals surface area contributed by atoms with Crippen molar-refractivity contribution in [2.75, 3.05) is 26.8 Å². The standard InChI is InChI=1S/C15H32N2O/c1-5-7-15(12-18-4)17-10-8-13(3)16-14(6-2)9-11-17/h13-16H,5-12H2,1-4H3. The van der Waals surface area contributed by atoms with E-state index in [4.69, 9.17) is 4.74 Å². The van der Waals surface area contributed by atoms with Gasteiger partial charge in [-0.05, 0) is 39.2 Å². The predicted octanol–water partition coefficient (Wildman–Crippen LogP) is 2.65. The maximum Gasteiger partial charge on any atom is 0.0618 e. The van der Waals surface area contributed by atoms with Gasteiger partial charge in [-0.1, -0.05) is 20.3 Å². The number of rotatable bonds is 6. The fourth-order valence-corrected chi connectivity index (χ4v) is 2.95. The van der Waals surface area contributed by atoms with Crippen molar-refractivity contribution >= 4 is 0 Å². The average molecular weight is 256 g/mol. The second kappa shape index (κ2) is 8.89. The number of nitrogens with zero attached hydrogens (tertiary/aromatic N) is 1. The first-order valence-electron chi connectivity index (χ1n) is 7.70. The molecule has 3 unspecified atom stereocenters. The Balaban J connectivity index is 2.55. The molecule has 1 fully saturated rings. The van der Waals surface area contributed by atoms with Gasteiger partial charge in [0.1, 0.15) is 0 Å². The highest BCUT2D eigenvalue weighted by molar-refractivity contribution is 4.80. The number of hydrogen-bond acceptors (Lipinski definition) is 3. The van der Waals surface area contributed by atoms with Gasteiger partial charge in [0.25, 0.3) is 0 Å². The molecule has 1 heterocycles. The Morgan fingerprint density at radius 3 is 2.61 bits per heavy atom. The lowest BCUT2D eigenvalue weighted by molar-refractivity contribution is 0.0728. The smallest absolute Gasteiger partial charge is 0.0618 e. The van der Waals surface area contributed by atoms with Crippen LogP contribution in [0, 0.1) is 0 Å². The molecule has 1 aliphatic heterocycles. The van der Waals surface area contributed by atoms with Gasteiger partial charge in [0, 0.05) is 31.8 Å². The van der Waals surface area contributed by atoms with Crippen LogP contribution in [0.5, 0.6) is 0 Å². The first-order chi connectivity index (χ1) is 8.71. The van der Waals surface area contributed by atoms with E-state index >= 15 is 0 Å². The van der Waals surface area contributed by atoms with Gasteiger partial charge in [-0.25, -0.2) is 0 Å². The molecule has 3 nitrogen and oxygen atoms in total. The lowest BCUT2D eigenvalue weighted by Crippen LogP contribution is -2.48.